The van der Waals surface area contributed by atoms with E-state index in [9.17, 15) is 22.8 Å². The third kappa shape index (κ3) is 6.89. The van der Waals surface area contributed by atoms with Crippen LogP contribution in [0.15, 0.2) is 23.1 Å². The highest BCUT2D eigenvalue weighted by atomic mass is 35.5. The third-order valence-electron chi connectivity index (χ3n) is 4.60. The van der Waals surface area contributed by atoms with Crippen LogP contribution in [-0.2, 0) is 29.1 Å². The molecule has 0 unspecified atom stereocenters. The maximum Gasteiger partial charge on any atom is 0.338 e. The maximum atomic E-state index is 12.9. The summed E-state index contributed by atoms with van der Waals surface area (Å²) in [7, 11) is -3.93. The monoisotopic (exact) mass is 489 g/mol. The number of benzene rings is 1. The minimum atomic E-state index is -3.93. The van der Waals surface area contributed by atoms with Crippen LogP contribution < -0.4 is 5.32 Å². The summed E-state index contributed by atoms with van der Waals surface area (Å²) in [5.74, 6) is -1.75. The van der Waals surface area contributed by atoms with E-state index < -0.39 is 28.5 Å². The highest BCUT2D eigenvalue weighted by Crippen LogP contribution is 2.26. The van der Waals surface area contributed by atoms with Crippen LogP contribution in [-0.4, -0.2) is 87.4 Å². The number of likely N-dealkylation sites (N-methyl/N-ethyl adjacent to an activating group) is 1. The number of morpholine rings is 1. The summed E-state index contributed by atoms with van der Waals surface area (Å²) < 4.78 is 37.2. The summed E-state index contributed by atoms with van der Waals surface area (Å²) in [6, 6.07) is 3.68. The molecule has 1 aromatic carbocycles. The topological polar surface area (TPSA) is 122 Å². The van der Waals surface area contributed by atoms with Gasteiger partial charge in [0.2, 0.25) is 15.9 Å². The standard InChI is InChI=1S/C20H28ClN3O7S/c1-4-23(12-18(25)22-14(2)3)19(26)13-31-20(27)15-5-6-16(21)17(11-15)32(28,29)24-7-9-30-10-8-24/h5-6,11,14H,4,7-10,12-13H2,1-3H3,(H,22,25). The van der Waals surface area contributed by atoms with Crippen molar-refractivity contribution in [2.75, 3.05) is 46.0 Å². The van der Waals surface area contributed by atoms with E-state index in [1.165, 1.54) is 21.3 Å². The molecule has 1 aromatic rings. The van der Waals surface area contributed by atoms with Crippen LogP contribution in [0.1, 0.15) is 31.1 Å². The maximum absolute atomic E-state index is 12.9. The van der Waals surface area contributed by atoms with Crippen molar-refractivity contribution < 1.29 is 32.3 Å². The Balaban J connectivity index is 2.06. The van der Waals surface area contributed by atoms with Gasteiger partial charge in [0.1, 0.15) is 4.90 Å². The molecule has 0 aliphatic carbocycles. The molecule has 0 saturated carbocycles. The molecule has 1 fully saturated rings. The minimum Gasteiger partial charge on any atom is -0.452 e. The number of ether oxygens (including phenoxy) is 2. The van der Waals surface area contributed by atoms with Gasteiger partial charge < -0.3 is 19.7 Å². The number of rotatable bonds is 9. The Bertz CT molecular complexity index is 947. The zero-order valence-electron chi connectivity index (χ0n) is 18.3. The van der Waals surface area contributed by atoms with Crippen LogP contribution >= 0.6 is 11.6 Å². The molecular formula is C20H28ClN3O7S. The number of esters is 1. The summed E-state index contributed by atoms with van der Waals surface area (Å²) in [6.45, 7) is 5.71. The molecular weight excluding hydrogens is 462 g/mol. The smallest absolute Gasteiger partial charge is 0.338 e. The van der Waals surface area contributed by atoms with E-state index in [0.717, 1.165) is 6.07 Å². The number of nitrogens with one attached hydrogen (secondary N) is 1. The molecule has 1 aliphatic rings. The number of sulfonamides is 1. The number of carbonyl (C=O) groups excluding carboxylic acids is 3. The minimum absolute atomic E-state index is 0.0301. The molecule has 0 bridgehead atoms. The second kappa shape index (κ2) is 11.6. The predicted octanol–water partition coefficient (Wildman–Crippen LogP) is 0.891. The van der Waals surface area contributed by atoms with E-state index in [-0.39, 0.29) is 66.8 Å². The second-order valence-electron chi connectivity index (χ2n) is 7.37. The fourth-order valence-electron chi connectivity index (χ4n) is 2.97. The molecule has 2 rings (SSSR count). The van der Waals surface area contributed by atoms with Crippen molar-refractivity contribution in [1.29, 1.82) is 0 Å². The first-order valence-electron chi connectivity index (χ1n) is 10.2. The summed E-state index contributed by atoms with van der Waals surface area (Å²) in [5.41, 5.74) is -0.0605. The molecule has 0 spiro atoms. The normalized spacial score (nSPS) is 14.8. The molecule has 2 amide bonds. The van der Waals surface area contributed by atoms with E-state index in [1.807, 2.05) is 0 Å². The van der Waals surface area contributed by atoms with Gasteiger partial charge in [0.25, 0.3) is 5.91 Å². The predicted molar refractivity (Wildman–Crippen MR) is 117 cm³/mol. The van der Waals surface area contributed by atoms with Gasteiger partial charge in [-0.15, -0.1) is 0 Å². The molecule has 12 heteroatoms. The number of carbonyl (C=O) groups is 3. The highest BCUT2D eigenvalue weighted by molar-refractivity contribution is 7.89. The largest absolute Gasteiger partial charge is 0.452 e. The number of hydrogen-bond acceptors (Lipinski definition) is 7. The lowest BCUT2D eigenvalue weighted by atomic mass is 10.2. The van der Waals surface area contributed by atoms with E-state index in [1.54, 1.807) is 20.8 Å². The fraction of sp³-hybridized carbons (Fsp3) is 0.550. The van der Waals surface area contributed by atoms with E-state index in [2.05, 4.69) is 5.32 Å². The Morgan fingerprint density at radius 1 is 1.25 bits per heavy atom. The van der Waals surface area contributed by atoms with E-state index >= 15 is 0 Å². The van der Waals surface area contributed by atoms with Gasteiger partial charge in [-0.2, -0.15) is 4.31 Å². The molecule has 32 heavy (non-hydrogen) atoms. The molecule has 1 aliphatic heterocycles. The second-order valence-corrected chi connectivity index (χ2v) is 9.68. The number of hydrogen-bond donors (Lipinski definition) is 1. The molecule has 1 heterocycles. The van der Waals surface area contributed by atoms with Crippen molar-refractivity contribution in [2.24, 2.45) is 0 Å². The van der Waals surface area contributed by atoms with Crippen LogP contribution in [0.4, 0.5) is 0 Å². The van der Waals surface area contributed by atoms with Gasteiger partial charge >= 0.3 is 5.97 Å². The molecule has 0 radical (unpaired) electrons. The first kappa shape index (κ1) is 26.0. The first-order chi connectivity index (χ1) is 15.1. The van der Waals surface area contributed by atoms with Gasteiger partial charge in [0.05, 0.1) is 30.3 Å². The number of nitrogens with zero attached hydrogens (tertiary/aromatic N) is 2. The average molecular weight is 490 g/mol. The summed E-state index contributed by atoms with van der Waals surface area (Å²) in [6.07, 6.45) is 0. The highest BCUT2D eigenvalue weighted by Gasteiger charge is 2.29. The zero-order chi connectivity index (χ0) is 23.9. The molecule has 0 aromatic heterocycles. The lowest BCUT2D eigenvalue weighted by Crippen LogP contribution is -2.44. The van der Waals surface area contributed by atoms with E-state index in [4.69, 9.17) is 21.1 Å². The van der Waals surface area contributed by atoms with Crippen molar-refractivity contribution in [1.82, 2.24) is 14.5 Å². The first-order valence-corrected chi connectivity index (χ1v) is 12.0. The van der Waals surface area contributed by atoms with Crippen molar-refractivity contribution in [3.05, 3.63) is 28.8 Å². The quantitative estimate of drug-likeness (QED) is 0.511. The summed E-state index contributed by atoms with van der Waals surface area (Å²) in [4.78, 5) is 37.7. The molecule has 0 atom stereocenters. The zero-order valence-corrected chi connectivity index (χ0v) is 19.9. The SMILES string of the molecule is CCN(CC(=O)NC(C)C)C(=O)COC(=O)c1ccc(Cl)c(S(=O)(=O)N2CCOCC2)c1. The van der Waals surface area contributed by atoms with Crippen LogP contribution in [0.3, 0.4) is 0 Å². The van der Waals surface area contributed by atoms with Crippen LogP contribution in [0.5, 0.6) is 0 Å². The van der Waals surface area contributed by atoms with Crippen molar-refractivity contribution >= 4 is 39.4 Å². The average Bonchev–Trinajstić information content (AvgIpc) is 2.75. The number of amides is 2. The number of halogens is 1. The molecule has 10 nitrogen and oxygen atoms in total. The van der Waals surface area contributed by atoms with Crippen LogP contribution in [0, 0.1) is 0 Å². The van der Waals surface area contributed by atoms with Gasteiger partial charge in [-0.1, -0.05) is 11.6 Å². The van der Waals surface area contributed by atoms with Gasteiger partial charge in [-0.3, -0.25) is 9.59 Å². The van der Waals surface area contributed by atoms with Gasteiger partial charge in [-0.25, -0.2) is 13.2 Å². The Kier molecular flexibility index (Phi) is 9.44. The van der Waals surface area contributed by atoms with E-state index in [0.29, 0.717) is 0 Å². The molecule has 178 valence electrons. The van der Waals surface area contributed by atoms with Gasteiger partial charge in [-0.05, 0) is 39.0 Å². The Morgan fingerprint density at radius 2 is 1.91 bits per heavy atom. The third-order valence-corrected chi connectivity index (χ3v) is 6.98. The summed E-state index contributed by atoms with van der Waals surface area (Å²) in [5, 5.41) is 2.65. The van der Waals surface area contributed by atoms with Crippen molar-refractivity contribution in [3.8, 4) is 0 Å². The van der Waals surface area contributed by atoms with Crippen molar-refractivity contribution in [3.63, 3.8) is 0 Å². The lowest BCUT2D eigenvalue weighted by molar-refractivity contribution is -0.138. The lowest BCUT2D eigenvalue weighted by Gasteiger charge is -2.26. The van der Waals surface area contributed by atoms with Crippen LogP contribution in [0.2, 0.25) is 5.02 Å². The van der Waals surface area contributed by atoms with Crippen molar-refractivity contribution in [2.45, 2.75) is 31.7 Å². The van der Waals surface area contributed by atoms with Gasteiger partial charge in [0, 0.05) is 25.7 Å². The van der Waals surface area contributed by atoms with Crippen LogP contribution in [0.25, 0.3) is 0 Å². The van der Waals surface area contributed by atoms with Gasteiger partial charge in [0.15, 0.2) is 6.61 Å². The molecule has 1 saturated heterocycles. The molecule has 1 N–H and O–H groups in total. The fourth-order valence-corrected chi connectivity index (χ4v) is 4.88. The summed E-state index contributed by atoms with van der Waals surface area (Å²) >= 11 is 6.09. The Morgan fingerprint density at radius 3 is 2.50 bits per heavy atom. The Labute approximate surface area is 192 Å². The Hall–Kier alpha value is -2.21.